The first kappa shape index (κ1) is 12.4. The van der Waals surface area contributed by atoms with Gasteiger partial charge < -0.3 is 4.90 Å². The fourth-order valence-electron chi connectivity index (χ4n) is 3.72. The van der Waals surface area contributed by atoms with Gasteiger partial charge in [0.15, 0.2) is 0 Å². The van der Waals surface area contributed by atoms with Crippen LogP contribution in [-0.4, -0.2) is 22.4 Å². The molecule has 3 nitrogen and oxygen atoms in total. The minimum Gasteiger partial charge on any atom is -0.318 e. The molecule has 1 spiro atoms. The van der Waals surface area contributed by atoms with Gasteiger partial charge >= 0.3 is 0 Å². The summed E-state index contributed by atoms with van der Waals surface area (Å²) in [5.74, 6) is 1.08. The molecule has 3 unspecified atom stereocenters. The zero-order valence-electron chi connectivity index (χ0n) is 12.0. The number of nitrogens with zero attached hydrogens (tertiary/aromatic N) is 1. The second-order valence-electron chi connectivity index (χ2n) is 6.60. The van der Waals surface area contributed by atoms with Crippen LogP contribution in [-0.2, 0) is 4.79 Å². The predicted molar refractivity (Wildman–Crippen MR) is 77.9 cm³/mol. The first-order valence-corrected chi connectivity index (χ1v) is 7.90. The largest absolute Gasteiger partial charge is 0.318 e. The lowest BCUT2D eigenvalue weighted by atomic mass is 10.1. The van der Waals surface area contributed by atoms with E-state index in [4.69, 9.17) is 0 Å². The molecule has 1 aromatic rings. The summed E-state index contributed by atoms with van der Waals surface area (Å²) in [6, 6.07) is 10.9. The van der Waals surface area contributed by atoms with Crippen molar-refractivity contribution in [3.8, 4) is 0 Å². The normalized spacial score (nSPS) is 33.8. The Morgan fingerprint density at radius 2 is 2.05 bits per heavy atom. The highest BCUT2D eigenvalue weighted by atomic mass is 16.2. The summed E-state index contributed by atoms with van der Waals surface area (Å²) in [6.45, 7) is 2.23. The summed E-state index contributed by atoms with van der Waals surface area (Å²) in [4.78, 5) is 14.9. The highest BCUT2D eigenvalue weighted by molar-refractivity contribution is 5.92. The second kappa shape index (κ2) is 4.32. The SMILES string of the molecule is CCCC1CC1N1C(=O)C2(CC2)NC1c1ccccc1. The quantitative estimate of drug-likeness (QED) is 0.912. The van der Waals surface area contributed by atoms with Crippen molar-refractivity contribution < 1.29 is 4.79 Å². The highest BCUT2D eigenvalue weighted by Gasteiger charge is 2.63. The molecule has 0 radical (unpaired) electrons. The van der Waals surface area contributed by atoms with Crippen LogP contribution in [0.3, 0.4) is 0 Å². The van der Waals surface area contributed by atoms with Gasteiger partial charge in [-0.2, -0.15) is 0 Å². The average molecular weight is 270 g/mol. The highest BCUT2D eigenvalue weighted by Crippen LogP contribution is 2.52. The summed E-state index contributed by atoms with van der Waals surface area (Å²) in [5, 5.41) is 3.62. The van der Waals surface area contributed by atoms with E-state index in [1.807, 2.05) is 6.07 Å². The van der Waals surface area contributed by atoms with Gasteiger partial charge in [-0.1, -0.05) is 43.7 Å². The zero-order valence-corrected chi connectivity index (χ0v) is 12.0. The lowest BCUT2D eigenvalue weighted by molar-refractivity contribution is -0.131. The van der Waals surface area contributed by atoms with Crippen LogP contribution in [0.5, 0.6) is 0 Å². The molecule has 106 valence electrons. The van der Waals surface area contributed by atoms with Crippen molar-refractivity contribution in [2.24, 2.45) is 5.92 Å². The Kier molecular flexibility index (Phi) is 2.68. The summed E-state index contributed by atoms with van der Waals surface area (Å²) in [7, 11) is 0. The molecule has 1 saturated heterocycles. The Balaban J connectivity index is 1.62. The van der Waals surface area contributed by atoms with E-state index in [9.17, 15) is 4.79 Å². The number of hydrogen-bond donors (Lipinski definition) is 1. The van der Waals surface area contributed by atoms with Gasteiger partial charge in [0, 0.05) is 6.04 Å². The number of carbonyl (C=O) groups excluding carboxylic acids is 1. The molecule has 1 aromatic carbocycles. The monoisotopic (exact) mass is 270 g/mol. The first-order chi connectivity index (χ1) is 9.75. The molecule has 3 aliphatic rings. The molecule has 1 aliphatic heterocycles. The van der Waals surface area contributed by atoms with Crippen LogP contribution in [0.25, 0.3) is 0 Å². The molecule has 3 heteroatoms. The van der Waals surface area contributed by atoms with Crippen LogP contribution in [0.2, 0.25) is 0 Å². The minimum atomic E-state index is -0.208. The van der Waals surface area contributed by atoms with Crippen LogP contribution in [0.4, 0.5) is 0 Å². The molecular formula is C17H22N2O. The Labute approximate surface area is 120 Å². The van der Waals surface area contributed by atoms with Crippen molar-refractivity contribution >= 4 is 5.91 Å². The molecule has 20 heavy (non-hydrogen) atoms. The molecule has 1 amide bonds. The van der Waals surface area contributed by atoms with E-state index in [1.165, 1.54) is 24.8 Å². The zero-order chi connectivity index (χ0) is 13.7. The molecule has 3 atom stereocenters. The van der Waals surface area contributed by atoms with Crippen molar-refractivity contribution in [2.75, 3.05) is 0 Å². The maximum atomic E-state index is 12.8. The van der Waals surface area contributed by atoms with E-state index in [-0.39, 0.29) is 11.7 Å². The standard InChI is InChI=1S/C17H22N2O/c1-2-6-13-11-14(13)19-15(12-7-4-3-5-8-12)18-17(9-10-17)16(19)20/h3-5,7-8,13-15,18H,2,6,9-11H2,1H3. The minimum absolute atomic E-state index is 0.0954. The third-order valence-electron chi connectivity index (χ3n) is 5.10. The van der Waals surface area contributed by atoms with Crippen molar-refractivity contribution in [1.82, 2.24) is 10.2 Å². The maximum absolute atomic E-state index is 12.8. The van der Waals surface area contributed by atoms with Crippen molar-refractivity contribution in [3.63, 3.8) is 0 Å². The van der Waals surface area contributed by atoms with E-state index in [1.54, 1.807) is 0 Å². The van der Waals surface area contributed by atoms with Gasteiger partial charge in [-0.25, -0.2) is 0 Å². The van der Waals surface area contributed by atoms with Gasteiger partial charge in [-0.05, 0) is 37.2 Å². The number of rotatable bonds is 4. The molecule has 3 fully saturated rings. The van der Waals surface area contributed by atoms with Gasteiger partial charge in [0.05, 0.1) is 0 Å². The number of hydrogen-bond acceptors (Lipinski definition) is 2. The topological polar surface area (TPSA) is 32.3 Å². The van der Waals surface area contributed by atoms with Crippen molar-refractivity contribution in [3.05, 3.63) is 35.9 Å². The molecule has 2 saturated carbocycles. The number of carbonyl (C=O) groups is 1. The predicted octanol–water partition coefficient (Wildman–Crippen LogP) is 2.84. The van der Waals surface area contributed by atoms with Gasteiger partial charge in [0.25, 0.3) is 0 Å². The third-order valence-corrected chi connectivity index (χ3v) is 5.10. The van der Waals surface area contributed by atoms with Crippen LogP contribution in [0.1, 0.15) is 50.8 Å². The smallest absolute Gasteiger partial charge is 0.244 e. The lowest BCUT2D eigenvalue weighted by Gasteiger charge is -2.25. The summed E-state index contributed by atoms with van der Waals surface area (Å²) < 4.78 is 0. The number of amides is 1. The van der Waals surface area contributed by atoms with Crippen LogP contribution in [0, 0.1) is 5.92 Å². The van der Waals surface area contributed by atoms with Crippen LogP contribution < -0.4 is 5.32 Å². The van der Waals surface area contributed by atoms with Crippen LogP contribution >= 0.6 is 0 Å². The number of nitrogens with one attached hydrogen (secondary N) is 1. The van der Waals surface area contributed by atoms with Gasteiger partial charge in [-0.3, -0.25) is 10.1 Å². The van der Waals surface area contributed by atoms with E-state index < -0.39 is 0 Å². The molecule has 1 N–H and O–H groups in total. The molecular weight excluding hydrogens is 248 g/mol. The lowest BCUT2D eigenvalue weighted by Crippen LogP contribution is -2.34. The fourth-order valence-corrected chi connectivity index (χ4v) is 3.72. The molecule has 0 bridgehead atoms. The first-order valence-electron chi connectivity index (χ1n) is 7.90. The van der Waals surface area contributed by atoms with Gasteiger partial charge in [-0.15, -0.1) is 0 Å². The van der Waals surface area contributed by atoms with E-state index in [0.29, 0.717) is 11.9 Å². The third kappa shape index (κ3) is 1.80. The maximum Gasteiger partial charge on any atom is 0.244 e. The fraction of sp³-hybridized carbons (Fsp3) is 0.588. The Hall–Kier alpha value is -1.35. The van der Waals surface area contributed by atoms with E-state index >= 15 is 0 Å². The van der Waals surface area contributed by atoms with Crippen molar-refractivity contribution in [1.29, 1.82) is 0 Å². The number of benzene rings is 1. The summed E-state index contributed by atoms with van der Waals surface area (Å²) >= 11 is 0. The van der Waals surface area contributed by atoms with Crippen LogP contribution in [0.15, 0.2) is 30.3 Å². The Morgan fingerprint density at radius 3 is 2.70 bits per heavy atom. The summed E-state index contributed by atoms with van der Waals surface area (Å²) in [6.07, 6.45) is 5.78. The average Bonchev–Trinajstić information content (AvgIpc) is 3.36. The second-order valence-corrected chi connectivity index (χ2v) is 6.60. The summed E-state index contributed by atoms with van der Waals surface area (Å²) in [5.41, 5.74) is 1.02. The Morgan fingerprint density at radius 1 is 1.30 bits per heavy atom. The molecule has 1 heterocycles. The molecule has 2 aliphatic carbocycles. The van der Waals surface area contributed by atoms with Gasteiger partial charge in [0.2, 0.25) is 5.91 Å². The molecule has 4 rings (SSSR count). The Bertz CT molecular complexity index is 523. The van der Waals surface area contributed by atoms with E-state index in [2.05, 4.69) is 41.4 Å². The molecule has 0 aromatic heterocycles. The van der Waals surface area contributed by atoms with Gasteiger partial charge in [0.1, 0.15) is 11.7 Å². The van der Waals surface area contributed by atoms with E-state index in [0.717, 1.165) is 18.8 Å². The van der Waals surface area contributed by atoms with Crippen molar-refractivity contribution in [2.45, 2.75) is 56.8 Å².